The zero-order valence-electron chi connectivity index (χ0n) is 36.9. The Morgan fingerprint density at radius 1 is 0.429 bits per heavy atom. The van der Waals surface area contributed by atoms with Crippen molar-refractivity contribution in [3.8, 4) is 12.3 Å². The number of carbonyl (C=O) groups is 2. The van der Waals surface area contributed by atoms with E-state index in [0.29, 0.717) is 13.2 Å². The molecule has 0 rings (SSSR count). The molecule has 0 aromatic heterocycles. The highest BCUT2D eigenvalue weighted by Crippen LogP contribution is 2.22. The molecule has 0 heterocycles. The van der Waals surface area contributed by atoms with Crippen molar-refractivity contribution in [3.05, 3.63) is 0 Å². The van der Waals surface area contributed by atoms with Gasteiger partial charge in [-0.15, -0.1) is 12.3 Å². The highest BCUT2D eigenvalue weighted by molar-refractivity contribution is 5.72. The lowest BCUT2D eigenvalue weighted by molar-refractivity contribution is -0.150. The molecule has 5 heteroatoms. The minimum atomic E-state index is 0. The summed E-state index contributed by atoms with van der Waals surface area (Å²) in [5.74, 6) is 3.11. The van der Waals surface area contributed by atoms with Crippen LogP contribution in [0.1, 0.15) is 261 Å². The summed E-state index contributed by atoms with van der Waals surface area (Å²) < 4.78 is 11.7. The number of esters is 2. The highest BCUT2D eigenvalue weighted by atomic mass is 16.5. The molecule has 56 heavy (non-hydrogen) atoms. The number of hydrogen-bond acceptors (Lipinski definition) is 5. The predicted molar refractivity (Wildman–Crippen MR) is 247 cm³/mol. The van der Waals surface area contributed by atoms with Gasteiger partial charge in [0.2, 0.25) is 0 Å². The van der Waals surface area contributed by atoms with Crippen LogP contribution in [-0.2, 0) is 19.1 Å². The van der Waals surface area contributed by atoms with Crippen molar-refractivity contribution in [1.82, 2.24) is 4.90 Å². The molecule has 2 atom stereocenters. The molecule has 0 N–H and O–H groups in total. The van der Waals surface area contributed by atoms with E-state index in [1.54, 1.807) is 0 Å². The van der Waals surface area contributed by atoms with E-state index < -0.39 is 0 Å². The molecule has 0 aliphatic rings. The molecular weight excluding hydrogens is 691 g/mol. The number of unbranched alkanes of at least 4 members (excludes halogenated alkanes) is 23. The first-order chi connectivity index (χ1) is 26.5. The monoisotopic (exact) mass is 792 g/mol. The summed E-state index contributed by atoms with van der Waals surface area (Å²) in [5, 5.41) is 0. The molecule has 5 nitrogen and oxygen atoms in total. The van der Waals surface area contributed by atoms with Gasteiger partial charge in [0, 0.05) is 6.42 Å². The SMILES string of the molecule is C.C.C#CCCCN(CCCCCCOC(=O)C(CCCCCC)CCCCCCCC)CCCCCCOC(=O)C(CCCCCC)CCCCCCCC. The number of ether oxygens (including phenoxy) is 2. The van der Waals surface area contributed by atoms with E-state index in [0.717, 1.165) is 110 Å². The zero-order chi connectivity index (χ0) is 39.6. The first-order valence-electron chi connectivity index (χ1n) is 24.0. The average molecular weight is 792 g/mol. The van der Waals surface area contributed by atoms with Gasteiger partial charge in [0.25, 0.3) is 0 Å². The minimum Gasteiger partial charge on any atom is -0.465 e. The summed E-state index contributed by atoms with van der Waals surface area (Å²) in [4.78, 5) is 28.5. The lowest BCUT2D eigenvalue weighted by atomic mass is 9.94. The third-order valence-electron chi connectivity index (χ3n) is 11.3. The van der Waals surface area contributed by atoms with Crippen LogP contribution in [0.3, 0.4) is 0 Å². The Bertz CT molecular complexity index is 780. The van der Waals surface area contributed by atoms with E-state index in [1.807, 2.05) is 0 Å². The molecule has 0 amide bonds. The minimum absolute atomic E-state index is 0. The van der Waals surface area contributed by atoms with Crippen LogP contribution in [0.15, 0.2) is 0 Å². The molecule has 334 valence electrons. The summed E-state index contributed by atoms with van der Waals surface area (Å²) >= 11 is 0. The van der Waals surface area contributed by atoms with Crippen LogP contribution in [0.4, 0.5) is 0 Å². The van der Waals surface area contributed by atoms with Crippen molar-refractivity contribution >= 4 is 11.9 Å². The first-order valence-corrected chi connectivity index (χ1v) is 24.0. The van der Waals surface area contributed by atoms with Gasteiger partial charge in [-0.3, -0.25) is 9.59 Å². The van der Waals surface area contributed by atoms with E-state index in [9.17, 15) is 9.59 Å². The maximum absolute atomic E-state index is 13.0. The second kappa shape index (κ2) is 47.8. The van der Waals surface area contributed by atoms with Crippen molar-refractivity contribution in [2.75, 3.05) is 32.8 Å². The molecule has 0 saturated carbocycles. The van der Waals surface area contributed by atoms with E-state index in [4.69, 9.17) is 15.9 Å². The van der Waals surface area contributed by atoms with Crippen LogP contribution in [0.5, 0.6) is 0 Å². The van der Waals surface area contributed by atoms with Crippen LogP contribution in [0.25, 0.3) is 0 Å². The molecule has 0 aliphatic carbocycles. The van der Waals surface area contributed by atoms with Gasteiger partial charge < -0.3 is 14.4 Å². The second-order valence-corrected chi connectivity index (χ2v) is 16.5. The summed E-state index contributed by atoms with van der Waals surface area (Å²) in [5.41, 5.74) is 0. The lowest BCUT2D eigenvalue weighted by Gasteiger charge is -2.22. The predicted octanol–water partition coefficient (Wildman–Crippen LogP) is 15.9. The third-order valence-corrected chi connectivity index (χ3v) is 11.3. The molecule has 2 unspecified atom stereocenters. The van der Waals surface area contributed by atoms with Gasteiger partial charge in [0.1, 0.15) is 0 Å². The van der Waals surface area contributed by atoms with Crippen molar-refractivity contribution in [1.29, 1.82) is 0 Å². The molecule has 0 aromatic rings. The number of hydrogen-bond donors (Lipinski definition) is 0. The van der Waals surface area contributed by atoms with Crippen LogP contribution in [-0.4, -0.2) is 49.7 Å². The quantitative estimate of drug-likeness (QED) is 0.0350. The molecule has 0 saturated heterocycles. The van der Waals surface area contributed by atoms with Crippen molar-refractivity contribution in [2.24, 2.45) is 11.8 Å². The maximum Gasteiger partial charge on any atom is 0.308 e. The van der Waals surface area contributed by atoms with E-state index >= 15 is 0 Å². The molecular formula is C51H101NO4. The molecule has 0 fully saturated rings. The number of nitrogens with zero attached hydrogens (tertiary/aromatic N) is 1. The highest BCUT2D eigenvalue weighted by Gasteiger charge is 2.20. The molecule has 0 aliphatic heterocycles. The number of carbonyl (C=O) groups excluding carboxylic acids is 2. The Morgan fingerprint density at radius 2 is 0.714 bits per heavy atom. The second-order valence-electron chi connectivity index (χ2n) is 16.5. The van der Waals surface area contributed by atoms with Gasteiger partial charge in [-0.05, 0) is 77.4 Å². The summed E-state index contributed by atoms with van der Waals surface area (Å²) in [6.07, 6.45) is 45.3. The van der Waals surface area contributed by atoms with Gasteiger partial charge in [-0.2, -0.15) is 0 Å². The number of terminal acetylenes is 1. The fraction of sp³-hybridized carbons (Fsp3) is 0.922. The Kier molecular flexibility index (Phi) is 50.2. The Balaban J connectivity index is -0.0000140. The third kappa shape index (κ3) is 39.3. The van der Waals surface area contributed by atoms with Crippen molar-refractivity contribution in [2.45, 2.75) is 261 Å². The van der Waals surface area contributed by atoms with Gasteiger partial charge in [0.15, 0.2) is 0 Å². The standard InChI is InChI=1S/C49H93NO4.2CH4/c1-6-11-16-20-22-30-39-46(37-28-18-13-8-3)48(51)53-44-35-26-24-33-42-50(41-32-15-10-5)43-34-25-27-36-45-54-49(52)47(38-29-19-14-9-4)40-31-23-21-17-12-7-2;;/h5,46-47H,6-9,11-45H2,1-4H3;2*1H4. The lowest BCUT2D eigenvalue weighted by Crippen LogP contribution is -2.27. The van der Waals surface area contributed by atoms with Gasteiger partial charge in [-0.1, -0.05) is 197 Å². The van der Waals surface area contributed by atoms with Crippen LogP contribution in [0.2, 0.25) is 0 Å². The summed E-state index contributed by atoms with van der Waals surface area (Å²) in [6, 6.07) is 0. The van der Waals surface area contributed by atoms with E-state index in [2.05, 4.69) is 38.5 Å². The molecule has 0 radical (unpaired) electrons. The first kappa shape index (κ1) is 58.8. The Morgan fingerprint density at radius 3 is 1.07 bits per heavy atom. The fourth-order valence-corrected chi connectivity index (χ4v) is 7.64. The smallest absolute Gasteiger partial charge is 0.308 e. The number of rotatable bonds is 43. The van der Waals surface area contributed by atoms with Gasteiger partial charge >= 0.3 is 11.9 Å². The summed E-state index contributed by atoms with van der Waals surface area (Å²) in [7, 11) is 0. The van der Waals surface area contributed by atoms with Gasteiger partial charge in [-0.25, -0.2) is 0 Å². The van der Waals surface area contributed by atoms with Crippen molar-refractivity contribution in [3.63, 3.8) is 0 Å². The topological polar surface area (TPSA) is 55.8 Å². The molecule has 0 aromatic carbocycles. The molecule has 0 bridgehead atoms. The largest absolute Gasteiger partial charge is 0.465 e. The van der Waals surface area contributed by atoms with Crippen LogP contribution >= 0.6 is 0 Å². The molecule has 0 spiro atoms. The fourth-order valence-electron chi connectivity index (χ4n) is 7.64. The normalized spacial score (nSPS) is 12.1. The van der Waals surface area contributed by atoms with Crippen LogP contribution in [0, 0.1) is 24.2 Å². The van der Waals surface area contributed by atoms with Crippen molar-refractivity contribution < 1.29 is 19.1 Å². The average Bonchev–Trinajstić information content (AvgIpc) is 3.17. The Hall–Kier alpha value is -1.54. The van der Waals surface area contributed by atoms with E-state index in [1.165, 1.54) is 128 Å². The van der Waals surface area contributed by atoms with Crippen LogP contribution < -0.4 is 0 Å². The maximum atomic E-state index is 13.0. The van der Waals surface area contributed by atoms with Gasteiger partial charge in [0.05, 0.1) is 25.0 Å². The Labute approximate surface area is 352 Å². The summed E-state index contributed by atoms with van der Waals surface area (Å²) in [6.45, 7) is 13.4. The van der Waals surface area contributed by atoms with E-state index in [-0.39, 0.29) is 38.6 Å². The zero-order valence-corrected chi connectivity index (χ0v) is 36.9.